The molecule has 0 spiro atoms. The quantitative estimate of drug-likeness (QED) is 0.138. The number of aryl methyl sites for hydroxylation is 3. The molecule has 3 aromatic rings. The van der Waals surface area contributed by atoms with E-state index in [1.165, 1.54) is 36.4 Å². The van der Waals surface area contributed by atoms with Crippen molar-refractivity contribution in [1.29, 1.82) is 0 Å². The second-order valence-corrected chi connectivity index (χ2v) is 9.81. The number of esters is 1. The van der Waals surface area contributed by atoms with Crippen molar-refractivity contribution in [2.24, 2.45) is 5.92 Å². The topological polar surface area (TPSA) is 127 Å². The molecule has 0 aromatic heterocycles. The SMILES string of the molecule is CCc1cccc(CC)c1N1C[C@H](C(=O)Oc2ccc(N3C(=O)c4cccc([N+](=O)[O-])c4C3=O)c(C)c2)CC1=O. The molecule has 1 fully saturated rings. The van der Waals surface area contributed by atoms with E-state index in [1.54, 1.807) is 11.8 Å². The number of nitrogens with zero attached hydrogens (tertiary/aromatic N) is 3. The number of para-hydroxylation sites is 1. The zero-order valence-corrected chi connectivity index (χ0v) is 22.3. The van der Waals surface area contributed by atoms with Crippen molar-refractivity contribution in [3.63, 3.8) is 0 Å². The maximum absolute atomic E-state index is 13.1. The summed E-state index contributed by atoms with van der Waals surface area (Å²) in [7, 11) is 0. The molecule has 10 nitrogen and oxygen atoms in total. The second kappa shape index (κ2) is 10.4. The van der Waals surface area contributed by atoms with Gasteiger partial charge in [-0.3, -0.25) is 29.3 Å². The Kier molecular flexibility index (Phi) is 6.93. The van der Waals surface area contributed by atoms with E-state index in [2.05, 4.69) is 0 Å². The third kappa shape index (κ3) is 4.41. The molecule has 2 heterocycles. The Balaban J connectivity index is 1.34. The molecule has 2 aliphatic rings. The van der Waals surface area contributed by atoms with Crippen LogP contribution < -0.4 is 14.5 Å². The molecule has 204 valence electrons. The van der Waals surface area contributed by atoms with Gasteiger partial charge in [0.2, 0.25) is 5.91 Å². The van der Waals surface area contributed by atoms with Crippen LogP contribution >= 0.6 is 0 Å². The monoisotopic (exact) mass is 541 g/mol. The van der Waals surface area contributed by atoms with E-state index in [0.717, 1.165) is 34.6 Å². The summed E-state index contributed by atoms with van der Waals surface area (Å²) in [6.07, 6.45) is 1.55. The minimum atomic E-state index is -0.788. The van der Waals surface area contributed by atoms with Gasteiger partial charge in [-0.2, -0.15) is 0 Å². The average Bonchev–Trinajstić information content (AvgIpc) is 3.45. The fourth-order valence-electron chi connectivity index (χ4n) is 5.42. The van der Waals surface area contributed by atoms with Gasteiger partial charge in [-0.1, -0.05) is 38.1 Å². The van der Waals surface area contributed by atoms with Gasteiger partial charge in [0.25, 0.3) is 17.5 Å². The summed E-state index contributed by atoms with van der Waals surface area (Å²) in [5.41, 5.74) is 2.92. The largest absolute Gasteiger partial charge is 0.426 e. The number of nitro groups is 1. The molecule has 10 heteroatoms. The summed E-state index contributed by atoms with van der Waals surface area (Å²) in [6, 6.07) is 14.3. The van der Waals surface area contributed by atoms with Gasteiger partial charge >= 0.3 is 5.97 Å². The lowest BCUT2D eigenvalue weighted by molar-refractivity contribution is -0.385. The summed E-state index contributed by atoms with van der Waals surface area (Å²) in [6.45, 7) is 5.91. The van der Waals surface area contributed by atoms with Gasteiger partial charge < -0.3 is 9.64 Å². The Labute approximate surface area is 230 Å². The highest BCUT2D eigenvalue weighted by molar-refractivity contribution is 6.35. The van der Waals surface area contributed by atoms with Crippen LogP contribution in [0.15, 0.2) is 54.6 Å². The van der Waals surface area contributed by atoms with Crippen LogP contribution in [0.5, 0.6) is 5.75 Å². The zero-order chi connectivity index (χ0) is 28.7. The van der Waals surface area contributed by atoms with Crippen molar-refractivity contribution < 1.29 is 28.8 Å². The number of amides is 3. The van der Waals surface area contributed by atoms with Crippen molar-refractivity contribution in [2.75, 3.05) is 16.3 Å². The van der Waals surface area contributed by atoms with Crippen molar-refractivity contribution >= 4 is 40.8 Å². The number of ether oxygens (including phenoxy) is 1. The van der Waals surface area contributed by atoms with Gasteiger partial charge in [0.05, 0.1) is 22.1 Å². The lowest BCUT2D eigenvalue weighted by Gasteiger charge is -2.23. The third-order valence-corrected chi connectivity index (χ3v) is 7.41. The minimum Gasteiger partial charge on any atom is -0.426 e. The zero-order valence-electron chi connectivity index (χ0n) is 22.3. The van der Waals surface area contributed by atoms with Crippen LogP contribution in [0.2, 0.25) is 0 Å². The molecule has 1 saturated heterocycles. The minimum absolute atomic E-state index is 0.0327. The molecule has 5 rings (SSSR count). The molecule has 0 bridgehead atoms. The Morgan fingerprint density at radius 1 is 1.00 bits per heavy atom. The molecule has 0 N–H and O–H groups in total. The maximum atomic E-state index is 13.1. The van der Waals surface area contributed by atoms with E-state index in [0.29, 0.717) is 5.56 Å². The summed E-state index contributed by atoms with van der Waals surface area (Å²) >= 11 is 0. The maximum Gasteiger partial charge on any atom is 0.316 e. The Morgan fingerprint density at radius 3 is 2.30 bits per heavy atom. The van der Waals surface area contributed by atoms with Crippen LogP contribution in [0.25, 0.3) is 0 Å². The van der Waals surface area contributed by atoms with Crippen LogP contribution in [0.4, 0.5) is 17.1 Å². The van der Waals surface area contributed by atoms with Crippen molar-refractivity contribution in [1.82, 2.24) is 0 Å². The molecule has 3 aromatic carbocycles. The van der Waals surface area contributed by atoms with Gasteiger partial charge in [-0.25, -0.2) is 4.90 Å². The number of imide groups is 1. The molecular weight excluding hydrogens is 514 g/mol. The molecule has 1 atom stereocenters. The fourth-order valence-corrected chi connectivity index (χ4v) is 5.42. The summed E-state index contributed by atoms with van der Waals surface area (Å²) in [4.78, 5) is 65.4. The van der Waals surface area contributed by atoms with Gasteiger partial charge in [-0.05, 0) is 60.7 Å². The van der Waals surface area contributed by atoms with Crippen molar-refractivity contribution in [2.45, 2.75) is 40.0 Å². The first-order valence-corrected chi connectivity index (χ1v) is 13.1. The standard InChI is InChI=1S/C30H27N3O7/c1-4-18-8-6-9-19(5-2)27(18)31-16-20(15-25(31)34)30(37)40-21-12-13-23(17(3)14-21)32-28(35)22-10-7-11-24(33(38)39)26(22)29(32)36/h6-14,20H,4-5,15-16H2,1-3H3/t20-/m1/s1. The first kappa shape index (κ1) is 26.7. The van der Waals surface area contributed by atoms with E-state index >= 15 is 0 Å². The predicted molar refractivity (Wildman–Crippen MR) is 147 cm³/mol. The van der Waals surface area contributed by atoms with E-state index < -0.39 is 34.3 Å². The van der Waals surface area contributed by atoms with E-state index in [9.17, 15) is 29.3 Å². The molecule has 0 radical (unpaired) electrons. The Morgan fingerprint density at radius 2 is 1.68 bits per heavy atom. The summed E-state index contributed by atoms with van der Waals surface area (Å²) in [5.74, 6) is -2.60. The number of nitro benzene ring substituents is 1. The number of rotatable bonds is 7. The van der Waals surface area contributed by atoms with Crippen LogP contribution in [0.3, 0.4) is 0 Å². The highest BCUT2D eigenvalue weighted by Gasteiger charge is 2.42. The third-order valence-electron chi connectivity index (χ3n) is 7.41. The van der Waals surface area contributed by atoms with Gasteiger partial charge in [-0.15, -0.1) is 0 Å². The molecule has 3 amide bonds. The van der Waals surface area contributed by atoms with E-state index in [1.807, 2.05) is 32.0 Å². The number of hydrogen-bond donors (Lipinski definition) is 0. The predicted octanol–water partition coefficient (Wildman–Crippen LogP) is 4.79. The van der Waals surface area contributed by atoms with E-state index in [-0.39, 0.29) is 41.4 Å². The van der Waals surface area contributed by atoms with Gasteiger partial charge in [0.1, 0.15) is 11.3 Å². The molecular formula is C30H27N3O7. The molecule has 0 unspecified atom stereocenters. The number of carbonyl (C=O) groups excluding carboxylic acids is 4. The van der Waals surface area contributed by atoms with Crippen LogP contribution in [0.1, 0.15) is 57.7 Å². The van der Waals surface area contributed by atoms with Crippen LogP contribution in [-0.2, 0) is 22.4 Å². The van der Waals surface area contributed by atoms with E-state index in [4.69, 9.17) is 4.74 Å². The average molecular weight is 542 g/mol. The van der Waals surface area contributed by atoms with Crippen molar-refractivity contribution in [3.05, 3.63) is 92.5 Å². The lowest BCUT2D eigenvalue weighted by Crippen LogP contribution is -2.30. The normalized spacial score (nSPS) is 16.5. The lowest BCUT2D eigenvalue weighted by atomic mass is 10.0. The molecule has 0 saturated carbocycles. The summed E-state index contributed by atoms with van der Waals surface area (Å²) < 4.78 is 5.61. The number of hydrogen-bond acceptors (Lipinski definition) is 7. The number of fused-ring (bicyclic) bond motifs is 1. The first-order chi connectivity index (χ1) is 19.2. The molecule has 40 heavy (non-hydrogen) atoms. The van der Waals surface area contributed by atoms with Crippen LogP contribution in [-0.4, -0.2) is 35.2 Å². The number of benzene rings is 3. The van der Waals surface area contributed by atoms with Gasteiger partial charge in [0, 0.05) is 24.7 Å². The smallest absolute Gasteiger partial charge is 0.316 e. The number of carbonyl (C=O) groups is 4. The Bertz CT molecular complexity index is 1570. The Hall–Kier alpha value is -4.86. The molecule has 2 aliphatic heterocycles. The van der Waals surface area contributed by atoms with Crippen LogP contribution in [0, 0.1) is 23.0 Å². The second-order valence-electron chi connectivity index (χ2n) is 9.81. The highest BCUT2D eigenvalue weighted by atomic mass is 16.6. The molecule has 0 aliphatic carbocycles. The van der Waals surface area contributed by atoms with Gasteiger partial charge in [0.15, 0.2) is 0 Å². The fraction of sp³-hybridized carbons (Fsp3) is 0.267. The summed E-state index contributed by atoms with van der Waals surface area (Å²) in [5, 5.41) is 11.4. The highest BCUT2D eigenvalue weighted by Crippen LogP contribution is 2.37. The first-order valence-electron chi connectivity index (χ1n) is 13.1. The number of anilines is 2. The van der Waals surface area contributed by atoms with Crippen molar-refractivity contribution in [3.8, 4) is 5.75 Å².